The quantitative estimate of drug-likeness (QED) is 0.383. The highest BCUT2D eigenvalue weighted by Gasteiger charge is 2.08. The lowest BCUT2D eigenvalue weighted by Gasteiger charge is -2.10. The monoisotopic (exact) mass is 307 g/mol. The van der Waals surface area contributed by atoms with Crippen LogP contribution in [0.4, 0.5) is 5.69 Å². The summed E-state index contributed by atoms with van der Waals surface area (Å²) in [5.74, 6) is 0.395. The van der Waals surface area contributed by atoms with E-state index >= 15 is 0 Å². The molecular formula is C14H14ClN3O3. The second kappa shape index (κ2) is 7.25. The lowest BCUT2D eigenvalue weighted by molar-refractivity contribution is -0.384. The van der Waals surface area contributed by atoms with E-state index in [0.29, 0.717) is 16.9 Å². The van der Waals surface area contributed by atoms with E-state index in [9.17, 15) is 10.1 Å². The van der Waals surface area contributed by atoms with Crippen molar-refractivity contribution in [2.24, 2.45) is 5.73 Å². The average molecular weight is 308 g/mol. The number of nitro groups is 1. The SMILES string of the molecule is Cl.N=C(N)c1ccccc1OCc1cccc([N+](=O)[O-])c1. The Morgan fingerprint density at radius 3 is 2.62 bits per heavy atom. The molecule has 0 aliphatic rings. The van der Waals surface area contributed by atoms with Gasteiger partial charge in [-0.1, -0.05) is 24.3 Å². The van der Waals surface area contributed by atoms with E-state index in [1.165, 1.54) is 12.1 Å². The van der Waals surface area contributed by atoms with Crippen LogP contribution in [0.5, 0.6) is 5.75 Å². The van der Waals surface area contributed by atoms with Gasteiger partial charge in [-0.25, -0.2) is 0 Å². The molecule has 7 heteroatoms. The van der Waals surface area contributed by atoms with Gasteiger partial charge in [-0.15, -0.1) is 12.4 Å². The summed E-state index contributed by atoms with van der Waals surface area (Å²) in [5, 5.41) is 18.1. The summed E-state index contributed by atoms with van der Waals surface area (Å²) in [4.78, 5) is 10.2. The Bertz CT molecular complexity index is 661. The summed E-state index contributed by atoms with van der Waals surface area (Å²) in [6.45, 7) is 0.173. The second-order valence-electron chi connectivity index (χ2n) is 4.13. The highest BCUT2D eigenvalue weighted by atomic mass is 35.5. The van der Waals surface area contributed by atoms with Gasteiger partial charge >= 0.3 is 0 Å². The third kappa shape index (κ3) is 4.19. The number of hydrogen-bond acceptors (Lipinski definition) is 4. The molecule has 0 unspecified atom stereocenters. The van der Waals surface area contributed by atoms with Crippen LogP contribution in [-0.4, -0.2) is 10.8 Å². The molecule has 0 fully saturated rings. The molecule has 0 atom stereocenters. The molecule has 0 aliphatic heterocycles. The first-order chi connectivity index (χ1) is 9.58. The van der Waals surface area contributed by atoms with Crippen LogP contribution < -0.4 is 10.5 Å². The summed E-state index contributed by atoms with van der Waals surface area (Å²) in [7, 11) is 0. The summed E-state index contributed by atoms with van der Waals surface area (Å²) in [5.41, 5.74) is 6.66. The minimum atomic E-state index is -0.451. The van der Waals surface area contributed by atoms with Gasteiger partial charge in [0.2, 0.25) is 0 Å². The fraction of sp³-hybridized carbons (Fsp3) is 0.0714. The minimum Gasteiger partial charge on any atom is -0.488 e. The summed E-state index contributed by atoms with van der Waals surface area (Å²) < 4.78 is 5.58. The largest absolute Gasteiger partial charge is 0.488 e. The van der Waals surface area contributed by atoms with Crippen molar-refractivity contribution in [3.05, 3.63) is 69.8 Å². The molecule has 2 aromatic carbocycles. The molecule has 3 N–H and O–H groups in total. The molecule has 0 spiro atoms. The van der Waals surface area contributed by atoms with Crippen molar-refractivity contribution < 1.29 is 9.66 Å². The second-order valence-corrected chi connectivity index (χ2v) is 4.13. The van der Waals surface area contributed by atoms with Crippen molar-refractivity contribution in [1.82, 2.24) is 0 Å². The average Bonchev–Trinajstić information content (AvgIpc) is 2.45. The van der Waals surface area contributed by atoms with Crippen LogP contribution in [0.2, 0.25) is 0 Å². The van der Waals surface area contributed by atoms with Crippen molar-refractivity contribution in [3.63, 3.8) is 0 Å². The van der Waals surface area contributed by atoms with Crippen LogP contribution >= 0.6 is 12.4 Å². The molecule has 21 heavy (non-hydrogen) atoms. The van der Waals surface area contributed by atoms with E-state index in [-0.39, 0.29) is 30.5 Å². The smallest absolute Gasteiger partial charge is 0.269 e. The zero-order valence-corrected chi connectivity index (χ0v) is 11.8. The van der Waals surface area contributed by atoms with Crippen molar-refractivity contribution in [2.75, 3.05) is 0 Å². The zero-order chi connectivity index (χ0) is 14.5. The maximum absolute atomic E-state index is 10.7. The maximum Gasteiger partial charge on any atom is 0.269 e. The lowest BCUT2D eigenvalue weighted by Crippen LogP contribution is -2.13. The third-order valence-electron chi connectivity index (χ3n) is 2.69. The number of non-ortho nitro benzene ring substituents is 1. The van der Waals surface area contributed by atoms with Gasteiger partial charge in [0, 0.05) is 12.1 Å². The molecule has 0 amide bonds. The molecule has 0 heterocycles. The first-order valence-corrected chi connectivity index (χ1v) is 5.87. The van der Waals surface area contributed by atoms with Gasteiger partial charge < -0.3 is 10.5 Å². The number of amidine groups is 1. The van der Waals surface area contributed by atoms with Gasteiger partial charge in [-0.05, 0) is 17.7 Å². The van der Waals surface area contributed by atoms with E-state index in [1.807, 2.05) is 0 Å². The number of nitrogens with zero attached hydrogens (tertiary/aromatic N) is 1. The number of nitrogens with one attached hydrogen (secondary N) is 1. The fourth-order valence-corrected chi connectivity index (χ4v) is 1.74. The Kier molecular flexibility index (Phi) is 5.68. The number of benzene rings is 2. The summed E-state index contributed by atoms with van der Waals surface area (Å²) in [6, 6.07) is 13.1. The van der Waals surface area contributed by atoms with Crippen LogP contribution in [0.3, 0.4) is 0 Å². The predicted molar refractivity (Wildman–Crippen MR) is 82.1 cm³/mol. The summed E-state index contributed by atoms with van der Waals surface area (Å²) >= 11 is 0. The van der Waals surface area contributed by atoms with Crippen LogP contribution in [0.15, 0.2) is 48.5 Å². The first kappa shape index (κ1) is 16.5. The van der Waals surface area contributed by atoms with Crippen molar-refractivity contribution >= 4 is 23.9 Å². The molecule has 0 saturated carbocycles. The number of para-hydroxylation sites is 1. The molecule has 0 aliphatic carbocycles. The van der Waals surface area contributed by atoms with E-state index in [1.54, 1.807) is 36.4 Å². The summed E-state index contributed by atoms with van der Waals surface area (Å²) in [6.07, 6.45) is 0. The van der Waals surface area contributed by atoms with Gasteiger partial charge in [0.25, 0.3) is 5.69 Å². The van der Waals surface area contributed by atoms with Gasteiger partial charge in [0.15, 0.2) is 0 Å². The number of nitro benzene ring substituents is 1. The van der Waals surface area contributed by atoms with E-state index in [2.05, 4.69) is 0 Å². The number of rotatable bonds is 5. The Hall–Kier alpha value is -2.60. The Labute approximate surface area is 127 Å². The van der Waals surface area contributed by atoms with Crippen molar-refractivity contribution in [2.45, 2.75) is 6.61 Å². The molecule has 0 saturated heterocycles. The van der Waals surface area contributed by atoms with Gasteiger partial charge in [0.1, 0.15) is 18.2 Å². The highest BCUT2D eigenvalue weighted by molar-refractivity contribution is 5.97. The Balaban J connectivity index is 0.00000220. The predicted octanol–water partition coefficient (Wildman–Crippen LogP) is 2.88. The molecule has 110 valence electrons. The van der Waals surface area contributed by atoms with Gasteiger partial charge in [-0.3, -0.25) is 15.5 Å². The molecule has 0 bridgehead atoms. The van der Waals surface area contributed by atoms with E-state index < -0.39 is 4.92 Å². The fourth-order valence-electron chi connectivity index (χ4n) is 1.74. The van der Waals surface area contributed by atoms with Gasteiger partial charge in [0.05, 0.1) is 10.5 Å². The van der Waals surface area contributed by atoms with Crippen LogP contribution in [0.1, 0.15) is 11.1 Å². The topological polar surface area (TPSA) is 102 Å². The van der Waals surface area contributed by atoms with Crippen LogP contribution in [0, 0.1) is 15.5 Å². The normalized spacial score (nSPS) is 9.52. The van der Waals surface area contributed by atoms with E-state index in [4.69, 9.17) is 15.9 Å². The molecule has 6 nitrogen and oxygen atoms in total. The standard InChI is InChI=1S/C14H13N3O3.ClH/c15-14(16)12-6-1-2-7-13(12)20-9-10-4-3-5-11(8-10)17(18)19;/h1-8H,9H2,(H3,15,16);1H. The molecular weight excluding hydrogens is 294 g/mol. The molecule has 2 aromatic rings. The number of nitrogens with two attached hydrogens (primary N) is 1. The Morgan fingerprint density at radius 1 is 1.24 bits per heavy atom. The maximum atomic E-state index is 10.7. The number of hydrogen-bond donors (Lipinski definition) is 2. The van der Waals surface area contributed by atoms with Gasteiger partial charge in [-0.2, -0.15) is 0 Å². The minimum absolute atomic E-state index is 0. The molecule has 2 rings (SSSR count). The lowest BCUT2D eigenvalue weighted by atomic mass is 10.2. The number of halogens is 1. The third-order valence-corrected chi connectivity index (χ3v) is 2.69. The number of ether oxygens (including phenoxy) is 1. The van der Waals surface area contributed by atoms with Crippen molar-refractivity contribution in [3.8, 4) is 5.75 Å². The zero-order valence-electron chi connectivity index (χ0n) is 11.0. The van der Waals surface area contributed by atoms with Crippen molar-refractivity contribution in [1.29, 1.82) is 5.41 Å². The van der Waals surface area contributed by atoms with E-state index in [0.717, 1.165) is 0 Å². The first-order valence-electron chi connectivity index (χ1n) is 5.87. The van der Waals surface area contributed by atoms with Crippen LogP contribution in [0.25, 0.3) is 0 Å². The molecule has 0 radical (unpaired) electrons. The molecule has 0 aromatic heterocycles. The Morgan fingerprint density at radius 2 is 1.95 bits per heavy atom. The number of nitrogen functional groups attached to an aromatic ring is 1. The highest BCUT2D eigenvalue weighted by Crippen LogP contribution is 2.20. The van der Waals surface area contributed by atoms with Crippen LogP contribution in [-0.2, 0) is 6.61 Å².